The standard InChI is InChI=1S/C8H5BrO.C3H6O/c9-8-7-4-2-1-3-6(7)5-10-8;1-2-3-4/h1-5H;3H,2H2,1H3. The number of halogens is 1. The van der Waals surface area contributed by atoms with Crippen molar-refractivity contribution < 1.29 is 9.21 Å². The molecule has 1 aromatic heterocycles. The molecule has 0 bridgehead atoms. The Bertz CT molecular complexity index is 406. The van der Waals surface area contributed by atoms with E-state index in [2.05, 4.69) is 15.9 Å². The molecule has 0 saturated heterocycles. The molecular weight excluding hydrogens is 244 g/mol. The van der Waals surface area contributed by atoms with Gasteiger partial charge in [-0.2, -0.15) is 0 Å². The van der Waals surface area contributed by atoms with E-state index in [1.54, 1.807) is 6.26 Å². The zero-order valence-corrected chi connectivity index (χ0v) is 9.45. The lowest BCUT2D eigenvalue weighted by molar-refractivity contribution is -0.107. The molecule has 0 saturated carbocycles. The fourth-order valence-electron chi connectivity index (χ4n) is 0.957. The molecule has 0 N–H and O–H groups in total. The van der Waals surface area contributed by atoms with Crippen molar-refractivity contribution >= 4 is 33.0 Å². The summed E-state index contributed by atoms with van der Waals surface area (Å²) in [5.41, 5.74) is 0. The molecule has 3 heteroatoms. The number of carbonyl (C=O) groups excluding carboxylic acids is 1. The maximum atomic E-state index is 9.17. The van der Waals surface area contributed by atoms with Crippen molar-refractivity contribution in [3.8, 4) is 0 Å². The second-order valence-corrected chi connectivity index (χ2v) is 3.39. The van der Waals surface area contributed by atoms with Gasteiger partial charge in [-0.1, -0.05) is 25.1 Å². The van der Waals surface area contributed by atoms with Gasteiger partial charge in [0.25, 0.3) is 0 Å². The molecule has 74 valence electrons. The molecule has 0 unspecified atom stereocenters. The van der Waals surface area contributed by atoms with Crippen LogP contribution in [0.25, 0.3) is 10.8 Å². The minimum atomic E-state index is 0.639. The van der Waals surface area contributed by atoms with Crippen molar-refractivity contribution in [2.45, 2.75) is 13.3 Å². The van der Waals surface area contributed by atoms with Crippen molar-refractivity contribution in [2.24, 2.45) is 0 Å². The number of hydrogen-bond acceptors (Lipinski definition) is 2. The lowest BCUT2D eigenvalue weighted by atomic mass is 10.2. The Kier molecular flexibility index (Phi) is 4.40. The summed E-state index contributed by atoms with van der Waals surface area (Å²) in [6.07, 6.45) is 3.25. The van der Waals surface area contributed by atoms with Crippen molar-refractivity contribution in [1.29, 1.82) is 0 Å². The van der Waals surface area contributed by atoms with Gasteiger partial charge in [-0.3, -0.25) is 0 Å². The van der Waals surface area contributed by atoms with Crippen LogP contribution >= 0.6 is 15.9 Å². The number of aldehydes is 1. The summed E-state index contributed by atoms with van der Waals surface area (Å²) in [5, 5.41) is 2.26. The molecule has 0 aliphatic rings. The SMILES string of the molecule is Brc1occ2ccccc12.CCC=O. The molecule has 1 heterocycles. The van der Waals surface area contributed by atoms with E-state index in [0.717, 1.165) is 21.7 Å². The van der Waals surface area contributed by atoms with E-state index in [-0.39, 0.29) is 0 Å². The minimum absolute atomic E-state index is 0.639. The van der Waals surface area contributed by atoms with E-state index in [1.807, 2.05) is 31.2 Å². The highest BCUT2D eigenvalue weighted by Gasteiger charge is 1.98. The van der Waals surface area contributed by atoms with Crippen molar-refractivity contribution in [3.05, 3.63) is 35.2 Å². The van der Waals surface area contributed by atoms with E-state index in [4.69, 9.17) is 4.42 Å². The van der Waals surface area contributed by atoms with Gasteiger partial charge in [0.2, 0.25) is 0 Å². The van der Waals surface area contributed by atoms with E-state index in [9.17, 15) is 4.79 Å². The highest BCUT2D eigenvalue weighted by Crippen LogP contribution is 2.24. The van der Waals surface area contributed by atoms with Gasteiger partial charge >= 0.3 is 0 Å². The van der Waals surface area contributed by atoms with Crippen LogP contribution in [0, 0.1) is 0 Å². The lowest BCUT2D eigenvalue weighted by Gasteiger charge is -1.83. The van der Waals surface area contributed by atoms with Gasteiger partial charge in [0.05, 0.1) is 6.26 Å². The number of rotatable bonds is 1. The van der Waals surface area contributed by atoms with Gasteiger partial charge in [0, 0.05) is 17.2 Å². The fourth-order valence-corrected chi connectivity index (χ4v) is 1.41. The molecule has 2 nitrogen and oxygen atoms in total. The predicted octanol–water partition coefficient (Wildman–Crippen LogP) is 3.79. The third-order valence-corrected chi connectivity index (χ3v) is 2.24. The largest absolute Gasteiger partial charge is 0.456 e. The van der Waals surface area contributed by atoms with Crippen LogP contribution in [0.1, 0.15) is 13.3 Å². The number of fused-ring (bicyclic) bond motifs is 1. The summed E-state index contributed by atoms with van der Waals surface area (Å²) in [4.78, 5) is 9.17. The van der Waals surface area contributed by atoms with Crippen LogP contribution in [-0.2, 0) is 4.79 Å². The Morgan fingerprint density at radius 2 is 2.07 bits per heavy atom. The first kappa shape index (κ1) is 11.0. The highest BCUT2D eigenvalue weighted by atomic mass is 79.9. The first-order valence-electron chi connectivity index (χ1n) is 4.35. The quantitative estimate of drug-likeness (QED) is 0.725. The van der Waals surface area contributed by atoms with E-state index >= 15 is 0 Å². The molecule has 0 aliphatic heterocycles. The number of furan rings is 1. The molecule has 0 spiro atoms. The van der Waals surface area contributed by atoms with Gasteiger partial charge in [0.15, 0.2) is 4.67 Å². The van der Waals surface area contributed by atoms with Gasteiger partial charge in [-0.15, -0.1) is 0 Å². The van der Waals surface area contributed by atoms with Crippen LogP contribution in [0.15, 0.2) is 39.6 Å². The Morgan fingerprint density at radius 1 is 1.43 bits per heavy atom. The molecule has 2 rings (SSSR count). The average molecular weight is 255 g/mol. The van der Waals surface area contributed by atoms with Crippen LogP contribution < -0.4 is 0 Å². The molecule has 0 amide bonds. The Morgan fingerprint density at radius 3 is 2.64 bits per heavy atom. The summed E-state index contributed by atoms with van der Waals surface area (Å²) >= 11 is 3.30. The zero-order chi connectivity index (χ0) is 10.4. The minimum Gasteiger partial charge on any atom is -0.456 e. The molecule has 2 aromatic rings. The molecule has 0 atom stereocenters. The maximum Gasteiger partial charge on any atom is 0.176 e. The van der Waals surface area contributed by atoms with Crippen molar-refractivity contribution in [1.82, 2.24) is 0 Å². The van der Waals surface area contributed by atoms with Crippen LogP contribution in [0.3, 0.4) is 0 Å². The third kappa shape index (κ3) is 2.70. The monoisotopic (exact) mass is 254 g/mol. The topological polar surface area (TPSA) is 30.2 Å². The maximum absolute atomic E-state index is 9.17. The second-order valence-electron chi connectivity index (χ2n) is 2.67. The van der Waals surface area contributed by atoms with Crippen LogP contribution in [0.2, 0.25) is 0 Å². The number of benzene rings is 1. The van der Waals surface area contributed by atoms with Crippen LogP contribution in [0.5, 0.6) is 0 Å². The number of carbonyl (C=O) groups is 1. The van der Waals surface area contributed by atoms with Crippen molar-refractivity contribution in [3.63, 3.8) is 0 Å². The highest BCUT2D eigenvalue weighted by molar-refractivity contribution is 9.10. The molecule has 0 fully saturated rings. The lowest BCUT2D eigenvalue weighted by Crippen LogP contribution is -1.60. The Labute approximate surface area is 91.0 Å². The van der Waals surface area contributed by atoms with Gasteiger partial charge < -0.3 is 9.21 Å². The molecule has 0 radical (unpaired) electrons. The van der Waals surface area contributed by atoms with Crippen LogP contribution in [0.4, 0.5) is 0 Å². The summed E-state index contributed by atoms with van der Waals surface area (Å²) in [7, 11) is 0. The van der Waals surface area contributed by atoms with E-state index in [0.29, 0.717) is 6.42 Å². The summed E-state index contributed by atoms with van der Waals surface area (Å²) in [6, 6.07) is 8.01. The average Bonchev–Trinajstić information content (AvgIpc) is 2.62. The Balaban J connectivity index is 0.000000213. The van der Waals surface area contributed by atoms with E-state index < -0.39 is 0 Å². The summed E-state index contributed by atoms with van der Waals surface area (Å²) < 4.78 is 5.94. The normalized spacial score (nSPS) is 9.29. The van der Waals surface area contributed by atoms with Crippen LogP contribution in [-0.4, -0.2) is 6.29 Å². The smallest absolute Gasteiger partial charge is 0.176 e. The fraction of sp³-hybridized carbons (Fsp3) is 0.182. The van der Waals surface area contributed by atoms with Gasteiger partial charge in [-0.05, 0) is 22.0 Å². The third-order valence-electron chi connectivity index (χ3n) is 1.63. The van der Waals surface area contributed by atoms with Gasteiger partial charge in [-0.25, -0.2) is 0 Å². The summed E-state index contributed by atoms with van der Waals surface area (Å²) in [5.74, 6) is 0. The first-order chi connectivity index (χ1) is 6.79. The zero-order valence-electron chi connectivity index (χ0n) is 7.87. The molecular formula is C11H11BrO2. The Hall–Kier alpha value is -1.09. The predicted molar refractivity (Wildman–Crippen MR) is 60.3 cm³/mol. The van der Waals surface area contributed by atoms with E-state index in [1.165, 1.54) is 0 Å². The number of hydrogen-bond donors (Lipinski definition) is 0. The molecule has 14 heavy (non-hydrogen) atoms. The molecule has 1 aromatic carbocycles. The molecule has 0 aliphatic carbocycles. The summed E-state index contributed by atoms with van der Waals surface area (Å²) in [6.45, 7) is 1.81. The van der Waals surface area contributed by atoms with Gasteiger partial charge in [0.1, 0.15) is 6.29 Å². The first-order valence-corrected chi connectivity index (χ1v) is 5.14. The second kappa shape index (κ2) is 5.60. The van der Waals surface area contributed by atoms with Crippen molar-refractivity contribution in [2.75, 3.05) is 0 Å².